The monoisotopic (exact) mass is 367 g/mol. The van der Waals surface area contributed by atoms with Crippen LogP contribution in [0.4, 0.5) is 11.8 Å². The molecule has 0 radical (unpaired) electrons. The van der Waals surface area contributed by atoms with Crippen LogP contribution in [0.15, 0.2) is 41.2 Å². The number of hydrogen-bond acceptors (Lipinski definition) is 9. The van der Waals surface area contributed by atoms with E-state index in [1.54, 1.807) is 12.4 Å². The van der Waals surface area contributed by atoms with Crippen LogP contribution in [0, 0.1) is 0 Å². The molecule has 0 aliphatic carbocycles. The van der Waals surface area contributed by atoms with Crippen LogP contribution in [-0.4, -0.2) is 56.4 Å². The summed E-state index contributed by atoms with van der Waals surface area (Å²) in [6, 6.07) is 7.41. The van der Waals surface area contributed by atoms with Crippen molar-refractivity contribution >= 4 is 11.8 Å². The lowest BCUT2D eigenvalue weighted by Gasteiger charge is -2.31. The summed E-state index contributed by atoms with van der Waals surface area (Å²) < 4.78 is 5.33. The molecule has 3 aromatic rings. The molecule has 9 heteroatoms. The Morgan fingerprint density at radius 1 is 1.22 bits per heavy atom. The molecule has 0 unspecified atom stereocenters. The lowest BCUT2D eigenvalue weighted by Crippen LogP contribution is -2.38. The van der Waals surface area contributed by atoms with Gasteiger partial charge in [0.15, 0.2) is 0 Å². The van der Waals surface area contributed by atoms with Gasteiger partial charge in [-0.3, -0.25) is 4.98 Å². The number of aromatic nitrogens is 5. The molecule has 0 aromatic carbocycles. The van der Waals surface area contributed by atoms with Crippen molar-refractivity contribution in [3.05, 3.63) is 42.5 Å². The van der Waals surface area contributed by atoms with Crippen molar-refractivity contribution < 1.29 is 9.63 Å². The first kappa shape index (κ1) is 17.3. The minimum absolute atomic E-state index is 0.307. The van der Waals surface area contributed by atoms with E-state index in [0.717, 1.165) is 25.2 Å². The molecule has 1 aliphatic rings. The normalized spacial score (nSPS) is 17.1. The summed E-state index contributed by atoms with van der Waals surface area (Å²) in [6.45, 7) is 1.86. The molecule has 0 amide bonds. The standard InChI is InChI=1S/C18H21N7O2/c1-24(12-16-22-17(23-27-16)14-6-2-3-8-19-14)18-20-9-7-15(21-18)25-10-4-5-13(26)11-25/h2-3,6-9,13,26H,4-5,10-12H2,1H3/t13-/m1/s1. The minimum Gasteiger partial charge on any atom is -0.391 e. The van der Waals surface area contributed by atoms with Crippen molar-refractivity contribution in [3.8, 4) is 11.5 Å². The van der Waals surface area contributed by atoms with E-state index in [9.17, 15) is 5.11 Å². The fourth-order valence-corrected chi connectivity index (χ4v) is 3.05. The summed E-state index contributed by atoms with van der Waals surface area (Å²) in [6.07, 6.45) is 4.90. The van der Waals surface area contributed by atoms with Crippen LogP contribution < -0.4 is 9.80 Å². The van der Waals surface area contributed by atoms with E-state index >= 15 is 0 Å². The molecule has 1 N–H and O–H groups in total. The SMILES string of the molecule is CN(Cc1nc(-c2ccccn2)no1)c1nccc(N2CCC[C@@H](O)C2)n1. The van der Waals surface area contributed by atoms with Crippen LogP contribution in [0.3, 0.4) is 0 Å². The van der Waals surface area contributed by atoms with Crippen LogP contribution in [0.5, 0.6) is 0 Å². The lowest BCUT2D eigenvalue weighted by atomic mass is 10.1. The van der Waals surface area contributed by atoms with Crippen LogP contribution in [-0.2, 0) is 6.54 Å². The zero-order valence-corrected chi connectivity index (χ0v) is 15.1. The van der Waals surface area contributed by atoms with Crippen molar-refractivity contribution in [3.63, 3.8) is 0 Å². The number of hydrogen-bond donors (Lipinski definition) is 1. The Kier molecular flexibility index (Phi) is 4.93. The Labute approximate surface area is 156 Å². The Hall–Kier alpha value is -3.07. The highest BCUT2D eigenvalue weighted by Gasteiger charge is 2.20. The maximum Gasteiger partial charge on any atom is 0.246 e. The molecule has 140 valence electrons. The van der Waals surface area contributed by atoms with Gasteiger partial charge in [-0.05, 0) is 31.0 Å². The summed E-state index contributed by atoms with van der Waals surface area (Å²) >= 11 is 0. The van der Waals surface area contributed by atoms with E-state index in [2.05, 4.69) is 30.0 Å². The molecule has 1 atom stereocenters. The number of piperidine rings is 1. The number of pyridine rings is 1. The summed E-state index contributed by atoms with van der Waals surface area (Å²) in [5.74, 6) is 2.28. The molecule has 3 aromatic heterocycles. The van der Waals surface area contributed by atoms with E-state index in [1.165, 1.54) is 0 Å². The molecule has 1 fully saturated rings. The van der Waals surface area contributed by atoms with E-state index in [-0.39, 0.29) is 6.10 Å². The second-order valence-electron chi connectivity index (χ2n) is 6.54. The quantitative estimate of drug-likeness (QED) is 0.718. The Balaban J connectivity index is 1.46. The molecule has 4 rings (SSSR count). The number of aliphatic hydroxyl groups excluding tert-OH is 1. The van der Waals surface area contributed by atoms with Gasteiger partial charge in [0.05, 0.1) is 12.6 Å². The number of β-amino-alcohol motifs (C(OH)–C–C–N with tert-alkyl or cyclic N) is 1. The molecular weight excluding hydrogens is 346 g/mol. The molecule has 0 bridgehead atoms. The van der Waals surface area contributed by atoms with Gasteiger partial charge in [0.25, 0.3) is 0 Å². The lowest BCUT2D eigenvalue weighted by molar-refractivity contribution is 0.154. The van der Waals surface area contributed by atoms with Gasteiger partial charge in [0, 0.05) is 32.5 Å². The predicted molar refractivity (Wildman–Crippen MR) is 99.1 cm³/mol. The largest absolute Gasteiger partial charge is 0.391 e. The summed E-state index contributed by atoms with van der Waals surface area (Å²) in [5.41, 5.74) is 0.664. The van der Waals surface area contributed by atoms with Crippen molar-refractivity contribution in [2.75, 3.05) is 29.9 Å². The summed E-state index contributed by atoms with van der Waals surface area (Å²) in [5, 5.41) is 13.9. The first-order chi connectivity index (χ1) is 13.2. The Morgan fingerprint density at radius 3 is 2.96 bits per heavy atom. The van der Waals surface area contributed by atoms with Gasteiger partial charge in [-0.25, -0.2) is 4.98 Å². The average Bonchev–Trinajstić information content (AvgIpc) is 3.17. The molecule has 9 nitrogen and oxygen atoms in total. The van der Waals surface area contributed by atoms with E-state index < -0.39 is 0 Å². The first-order valence-corrected chi connectivity index (χ1v) is 8.90. The second-order valence-corrected chi connectivity index (χ2v) is 6.54. The van der Waals surface area contributed by atoms with Gasteiger partial charge in [0.1, 0.15) is 11.5 Å². The minimum atomic E-state index is -0.307. The average molecular weight is 367 g/mol. The first-order valence-electron chi connectivity index (χ1n) is 8.90. The predicted octanol–water partition coefficient (Wildman–Crippen LogP) is 1.52. The molecular formula is C18H21N7O2. The van der Waals surface area contributed by atoms with Crippen molar-refractivity contribution in [1.29, 1.82) is 0 Å². The third kappa shape index (κ3) is 4.03. The number of aliphatic hydroxyl groups is 1. The second kappa shape index (κ2) is 7.67. The molecule has 1 aliphatic heterocycles. The zero-order valence-electron chi connectivity index (χ0n) is 15.1. The molecule has 0 spiro atoms. The van der Waals surface area contributed by atoms with Crippen LogP contribution in [0.2, 0.25) is 0 Å². The fourth-order valence-electron chi connectivity index (χ4n) is 3.05. The molecule has 1 saturated heterocycles. The third-order valence-electron chi connectivity index (χ3n) is 4.42. The van der Waals surface area contributed by atoms with Crippen molar-refractivity contribution in [2.45, 2.75) is 25.5 Å². The van der Waals surface area contributed by atoms with Crippen LogP contribution in [0.25, 0.3) is 11.5 Å². The van der Waals surface area contributed by atoms with Gasteiger partial charge in [-0.15, -0.1) is 0 Å². The van der Waals surface area contributed by atoms with Gasteiger partial charge in [-0.2, -0.15) is 9.97 Å². The Morgan fingerprint density at radius 2 is 2.15 bits per heavy atom. The number of nitrogens with zero attached hydrogens (tertiary/aromatic N) is 7. The Bertz CT molecular complexity index is 886. The zero-order chi connectivity index (χ0) is 18.6. The summed E-state index contributed by atoms with van der Waals surface area (Å²) in [7, 11) is 1.87. The van der Waals surface area contributed by atoms with E-state index in [0.29, 0.717) is 36.4 Å². The molecule has 0 saturated carbocycles. The molecule has 27 heavy (non-hydrogen) atoms. The molecule has 4 heterocycles. The van der Waals surface area contributed by atoms with Gasteiger partial charge < -0.3 is 19.4 Å². The van der Waals surface area contributed by atoms with E-state index in [1.807, 2.05) is 36.2 Å². The van der Waals surface area contributed by atoms with Crippen LogP contribution >= 0.6 is 0 Å². The highest BCUT2D eigenvalue weighted by Crippen LogP contribution is 2.20. The van der Waals surface area contributed by atoms with Gasteiger partial charge >= 0.3 is 0 Å². The maximum atomic E-state index is 9.88. The van der Waals surface area contributed by atoms with Crippen molar-refractivity contribution in [2.24, 2.45) is 0 Å². The number of rotatable bonds is 5. The number of anilines is 2. The third-order valence-corrected chi connectivity index (χ3v) is 4.42. The van der Waals surface area contributed by atoms with Crippen molar-refractivity contribution in [1.82, 2.24) is 25.1 Å². The van der Waals surface area contributed by atoms with E-state index in [4.69, 9.17) is 4.52 Å². The maximum absolute atomic E-state index is 9.88. The van der Waals surface area contributed by atoms with Gasteiger partial charge in [-0.1, -0.05) is 11.2 Å². The highest BCUT2D eigenvalue weighted by atomic mass is 16.5. The topological polar surface area (TPSA) is 104 Å². The fraction of sp³-hybridized carbons (Fsp3) is 0.389. The summed E-state index contributed by atoms with van der Waals surface area (Å²) in [4.78, 5) is 21.5. The highest BCUT2D eigenvalue weighted by molar-refractivity contribution is 5.47. The van der Waals surface area contributed by atoms with Gasteiger partial charge in [0.2, 0.25) is 17.7 Å². The smallest absolute Gasteiger partial charge is 0.246 e. The van der Waals surface area contributed by atoms with Crippen LogP contribution in [0.1, 0.15) is 18.7 Å².